The topological polar surface area (TPSA) is 72.5 Å². The number of hydrogen-bond acceptors (Lipinski definition) is 5. The zero-order chi connectivity index (χ0) is 17.1. The number of pyridine rings is 1. The van der Waals surface area contributed by atoms with E-state index in [0.717, 1.165) is 33.8 Å². The molecule has 1 aromatic heterocycles. The van der Waals surface area contributed by atoms with E-state index in [-0.39, 0.29) is 11.8 Å². The average Bonchev–Trinajstić information content (AvgIpc) is 2.57. The third kappa shape index (κ3) is 3.53. The third-order valence-corrected chi connectivity index (χ3v) is 3.91. The Kier molecular flexibility index (Phi) is 4.74. The fourth-order valence-electron chi connectivity index (χ4n) is 2.57. The monoisotopic (exact) mass is 329 g/mol. The van der Waals surface area contributed by atoms with E-state index in [2.05, 4.69) is 21.7 Å². The summed E-state index contributed by atoms with van der Waals surface area (Å²) < 4.78 is 11.2. The van der Waals surface area contributed by atoms with Crippen molar-refractivity contribution in [3.8, 4) is 11.5 Å². The van der Waals surface area contributed by atoms with E-state index in [9.17, 15) is 4.79 Å². The highest BCUT2D eigenvalue weighted by Gasteiger charge is 2.14. The Balaban J connectivity index is 1.72. The Bertz CT molecular complexity index is 759. The maximum absolute atomic E-state index is 11.6. The number of rotatable bonds is 5. The molecule has 0 radical (unpaired) electrons. The summed E-state index contributed by atoms with van der Waals surface area (Å²) in [6, 6.07) is 5.96. The Morgan fingerprint density at radius 3 is 2.58 bits per heavy atom. The summed E-state index contributed by atoms with van der Waals surface area (Å²) in [4.78, 5) is 16.2. The lowest BCUT2D eigenvalue weighted by atomic mass is 10.1. The van der Waals surface area contributed by atoms with Crippen molar-refractivity contribution in [1.82, 2.24) is 10.3 Å². The molecule has 1 aromatic carbocycles. The predicted molar refractivity (Wildman–Crippen MR) is 93.8 cm³/mol. The Hall–Kier alpha value is -2.50. The lowest BCUT2D eigenvalue weighted by molar-refractivity contribution is -0.123. The predicted octanol–water partition coefficient (Wildman–Crippen LogP) is 2.50. The second-order valence-corrected chi connectivity index (χ2v) is 6.21. The first-order valence-electron chi connectivity index (χ1n) is 8.27. The van der Waals surface area contributed by atoms with Crippen LogP contribution < -0.4 is 20.1 Å². The number of benzene rings is 1. The Labute approximate surface area is 141 Å². The van der Waals surface area contributed by atoms with Crippen molar-refractivity contribution in [3.63, 3.8) is 0 Å². The van der Waals surface area contributed by atoms with Gasteiger partial charge in [0.2, 0.25) is 5.91 Å². The average molecular weight is 329 g/mol. The number of aryl methyl sites for hydroxylation is 1. The fourth-order valence-corrected chi connectivity index (χ4v) is 2.57. The molecule has 0 spiro atoms. The summed E-state index contributed by atoms with van der Waals surface area (Å²) in [6.45, 7) is 8.10. The minimum absolute atomic E-state index is 0.000995. The number of fused-ring (bicyclic) bond motifs is 2. The number of hydrogen-bond donors (Lipinski definition) is 2. The van der Waals surface area contributed by atoms with Gasteiger partial charge in [-0.1, -0.05) is 13.8 Å². The van der Waals surface area contributed by atoms with E-state index >= 15 is 0 Å². The molecule has 2 N–H and O–H groups in total. The highest BCUT2D eigenvalue weighted by atomic mass is 16.6. The molecule has 6 nitrogen and oxygen atoms in total. The summed E-state index contributed by atoms with van der Waals surface area (Å²) >= 11 is 0. The van der Waals surface area contributed by atoms with E-state index in [1.807, 2.05) is 32.9 Å². The third-order valence-electron chi connectivity index (χ3n) is 3.91. The van der Waals surface area contributed by atoms with Gasteiger partial charge in [0.1, 0.15) is 19.0 Å². The number of amides is 1. The van der Waals surface area contributed by atoms with Crippen LogP contribution in [0.1, 0.15) is 19.4 Å². The molecule has 128 valence electrons. The Morgan fingerprint density at radius 1 is 1.17 bits per heavy atom. The van der Waals surface area contributed by atoms with Crippen LogP contribution in [0.2, 0.25) is 0 Å². The zero-order valence-electron chi connectivity index (χ0n) is 14.3. The maximum Gasteiger partial charge on any atom is 0.222 e. The summed E-state index contributed by atoms with van der Waals surface area (Å²) in [5, 5.41) is 7.19. The van der Waals surface area contributed by atoms with Gasteiger partial charge in [-0.3, -0.25) is 4.79 Å². The number of nitrogens with one attached hydrogen (secondary N) is 2. The summed E-state index contributed by atoms with van der Waals surface area (Å²) in [5.41, 5.74) is 1.91. The molecule has 3 rings (SSSR count). The highest BCUT2D eigenvalue weighted by Crippen LogP contribution is 2.35. The molecule has 0 aliphatic carbocycles. The van der Waals surface area contributed by atoms with Gasteiger partial charge in [0.25, 0.3) is 0 Å². The van der Waals surface area contributed by atoms with E-state index < -0.39 is 0 Å². The summed E-state index contributed by atoms with van der Waals surface area (Å²) in [6.07, 6.45) is 0. The lowest BCUT2D eigenvalue weighted by Crippen LogP contribution is -2.32. The van der Waals surface area contributed by atoms with Gasteiger partial charge in [-0.25, -0.2) is 4.98 Å². The highest BCUT2D eigenvalue weighted by molar-refractivity contribution is 5.85. The number of carbonyl (C=O) groups is 1. The largest absolute Gasteiger partial charge is 0.486 e. The number of aromatic nitrogens is 1. The summed E-state index contributed by atoms with van der Waals surface area (Å²) in [5.74, 6) is 2.38. The molecule has 6 heteroatoms. The normalized spacial score (nSPS) is 13.2. The molecule has 0 bridgehead atoms. The van der Waals surface area contributed by atoms with Crippen molar-refractivity contribution in [2.75, 3.05) is 31.6 Å². The minimum Gasteiger partial charge on any atom is -0.486 e. The molecule has 1 amide bonds. The smallest absolute Gasteiger partial charge is 0.222 e. The van der Waals surface area contributed by atoms with Gasteiger partial charge in [0, 0.05) is 30.5 Å². The van der Waals surface area contributed by atoms with Crippen LogP contribution in [0, 0.1) is 12.8 Å². The molecule has 0 saturated heterocycles. The zero-order valence-corrected chi connectivity index (χ0v) is 14.3. The SMILES string of the molecule is Cc1cc2cc3c(cc2nc1NCCNC(=O)C(C)C)OCCO3. The van der Waals surface area contributed by atoms with Gasteiger partial charge in [-0.05, 0) is 24.6 Å². The number of anilines is 1. The molecular weight excluding hydrogens is 306 g/mol. The first-order chi connectivity index (χ1) is 11.5. The van der Waals surface area contributed by atoms with Crippen LogP contribution in [0.15, 0.2) is 18.2 Å². The van der Waals surface area contributed by atoms with Crippen LogP contribution in [0.3, 0.4) is 0 Å². The minimum atomic E-state index is -0.000995. The fraction of sp³-hybridized carbons (Fsp3) is 0.444. The van der Waals surface area contributed by atoms with Crippen molar-refractivity contribution in [1.29, 1.82) is 0 Å². The Morgan fingerprint density at radius 2 is 1.88 bits per heavy atom. The van der Waals surface area contributed by atoms with E-state index in [4.69, 9.17) is 9.47 Å². The van der Waals surface area contributed by atoms with Crippen LogP contribution in [-0.2, 0) is 4.79 Å². The molecule has 0 saturated carbocycles. The van der Waals surface area contributed by atoms with Crippen LogP contribution >= 0.6 is 0 Å². The van der Waals surface area contributed by atoms with E-state index in [1.54, 1.807) is 0 Å². The molecule has 1 aliphatic heterocycles. The van der Waals surface area contributed by atoms with Gasteiger partial charge in [0.05, 0.1) is 5.52 Å². The second kappa shape index (κ2) is 6.95. The number of ether oxygens (including phenoxy) is 2. The standard InChI is InChI=1S/C18H23N3O3/c1-11(2)18(22)20-5-4-19-17-12(3)8-13-9-15-16(10-14(13)21-17)24-7-6-23-15/h8-11H,4-7H2,1-3H3,(H,19,21)(H,20,22). The van der Waals surface area contributed by atoms with Gasteiger partial charge >= 0.3 is 0 Å². The van der Waals surface area contributed by atoms with Crippen molar-refractivity contribution in [3.05, 3.63) is 23.8 Å². The molecule has 0 fully saturated rings. The van der Waals surface area contributed by atoms with Crippen molar-refractivity contribution in [2.45, 2.75) is 20.8 Å². The van der Waals surface area contributed by atoms with Gasteiger partial charge in [0.15, 0.2) is 11.5 Å². The number of carbonyl (C=O) groups excluding carboxylic acids is 1. The van der Waals surface area contributed by atoms with Crippen LogP contribution in [0.5, 0.6) is 11.5 Å². The molecule has 0 atom stereocenters. The van der Waals surface area contributed by atoms with Crippen molar-refractivity contribution in [2.24, 2.45) is 5.92 Å². The number of nitrogens with zero attached hydrogens (tertiary/aromatic N) is 1. The lowest BCUT2D eigenvalue weighted by Gasteiger charge is -2.19. The van der Waals surface area contributed by atoms with Crippen LogP contribution in [0.4, 0.5) is 5.82 Å². The first-order valence-corrected chi connectivity index (χ1v) is 8.27. The summed E-state index contributed by atoms with van der Waals surface area (Å²) in [7, 11) is 0. The molecule has 1 aliphatic rings. The second-order valence-electron chi connectivity index (χ2n) is 6.21. The first kappa shape index (κ1) is 16.4. The maximum atomic E-state index is 11.6. The van der Waals surface area contributed by atoms with Crippen LogP contribution in [0.25, 0.3) is 10.9 Å². The quantitative estimate of drug-likeness (QED) is 0.825. The van der Waals surface area contributed by atoms with Crippen molar-refractivity contribution >= 4 is 22.6 Å². The molecule has 2 heterocycles. The molecule has 24 heavy (non-hydrogen) atoms. The molecule has 2 aromatic rings. The van der Waals surface area contributed by atoms with Gasteiger partial charge in [-0.15, -0.1) is 0 Å². The van der Waals surface area contributed by atoms with E-state index in [0.29, 0.717) is 26.3 Å². The van der Waals surface area contributed by atoms with Crippen LogP contribution in [-0.4, -0.2) is 37.2 Å². The molecule has 0 unspecified atom stereocenters. The van der Waals surface area contributed by atoms with E-state index in [1.165, 1.54) is 0 Å². The molecular formula is C18H23N3O3. The van der Waals surface area contributed by atoms with Gasteiger partial charge < -0.3 is 20.1 Å². The van der Waals surface area contributed by atoms with Gasteiger partial charge in [-0.2, -0.15) is 0 Å². The van der Waals surface area contributed by atoms with Crippen molar-refractivity contribution < 1.29 is 14.3 Å².